The zero-order valence-electron chi connectivity index (χ0n) is 15.8. The Kier molecular flexibility index (Phi) is 6.56. The summed E-state index contributed by atoms with van der Waals surface area (Å²) in [6.45, 7) is 7.15. The van der Waals surface area contributed by atoms with Gasteiger partial charge < -0.3 is 16.0 Å². The van der Waals surface area contributed by atoms with Crippen molar-refractivity contribution in [2.75, 3.05) is 25.5 Å². The Morgan fingerprint density at radius 3 is 2.42 bits per heavy atom. The van der Waals surface area contributed by atoms with Gasteiger partial charge in [0.15, 0.2) is 0 Å². The van der Waals surface area contributed by atoms with Crippen molar-refractivity contribution >= 4 is 28.2 Å². The lowest BCUT2D eigenvalue weighted by Gasteiger charge is -2.29. The normalized spacial score (nSPS) is 11.3. The van der Waals surface area contributed by atoms with E-state index in [9.17, 15) is 9.59 Å². The molecule has 0 aliphatic rings. The Balaban J connectivity index is 2.11. The molecule has 1 aromatic heterocycles. The van der Waals surface area contributed by atoms with Gasteiger partial charge in [0, 0.05) is 19.2 Å². The van der Waals surface area contributed by atoms with Crippen molar-refractivity contribution in [1.29, 1.82) is 0 Å². The topological polar surface area (TPSA) is 75.4 Å². The van der Waals surface area contributed by atoms with Crippen LogP contribution in [0.25, 0.3) is 0 Å². The van der Waals surface area contributed by atoms with Crippen LogP contribution in [0.3, 0.4) is 0 Å². The van der Waals surface area contributed by atoms with Crippen LogP contribution >= 0.6 is 11.3 Å². The fourth-order valence-corrected chi connectivity index (χ4v) is 3.40. The summed E-state index contributed by atoms with van der Waals surface area (Å²) in [6, 6.07) is 9.24. The molecule has 1 heterocycles. The standard InChI is InChI=1S/C20H27N3O2S/c1-5-14-6-8-15(9-7-14)17(24)22-18-16(10-11-26-18)19(25)23(4)13-20(2,3)12-21/h6-11H,5,12-13,21H2,1-4H3,(H,22,24). The Bertz CT molecular complexity index is 766. The van der Waals surface area contributed by atoms with Crippen molar-refractivity contribution in [1.82, 2.24) is 4.90 Å². The second kappa shape index (κ2) is 8.47. The summed E-state index contributed by atoms with van der Waals surface area (Å²) in [5.74, 6) is -0.335. The summed E-state index contributed by atoms with van der Waals surface area (Å²) in [4.78, 5) is 26.9. The predicted octanol–water partition coefficient (Wildman–Crippen LogP) is 3.62. The first-order valence-corrected chi connectivity index (χ1v) is 9.58. The number of anilines is 1. The van der Waals surface area contributed by atoms with Gasteiger partial charge >= 0.3 is 0 Å². The molecule has 0 spiro atoms. The molecule has 6 heteroatoms. The molecule has 0 saturated heterocycles. The summed E-state index contributed by atoms with van der Waals surface area (Å²) in [6.07, 6.45) is 0.928. The van der Waals surface area contributed by atoms with Crippen molar-refractivity contribution < 1.29 is 9.59 Å². The van der Waals surface area contributed by atoms with Gasteiger partial charge in [0.1, 0.15) is 5.00 Å². The summed E-state index contributed by atoms with van der Waals surface area (Å²) in [7, 11) is 1.76. The van der Waals surface area contributed by atoms with Gasteiger partial charge in [-0.2, -0.15) is 0 Å². The minimum atomic E-state index is -0.214. The molecular weight excluding hydrogens is 346 g/mol. The zero-order chi connectivity index (χ0) is 19.3. The average molecular weight is 374 g/mol. The molecule has 5 nitrogen and oxygen atoms in total. The molecular formula is C20H27N3O2S. The van der Waals surface area contributed by atoms with E-state index in [-0.39, 0.29) is 17.2 Å². The first kappa shape index (κ1) is 20.1. The second-order valence-corrected chi connectivity index (χ2v) is 8.11. The van der Waals surface area contributed by atoms with Crippen LogP contribution in [-0.2, 0) is 6.42 Å². The summed E-state index contributed by atoms with van der Waals surface area (Å²) in [5, 5.41) is 5.24. The number of thiophene rings is 1. The molecule has 0 unspecified atom stereocenters. The minimum Gasteiger partial charge on any atom is -0.341 e. The monoisotopic (exact) mass is 373 g/mol. The van der Waals surface area contributed by atoms with Gasteiger partial charge in [-0.25, -0.2) is 0 Å². The van der Waals surface area contributed by atoms with Gasteiger partial charge in [-0.1, -0.05) is 32.9 Å². The number of amides is 2. The van der Waals surface area contributed by atoms with Crippen LogP contribution in [0.1, 0.15) is 47.1 Å². The Morgan fingerprint density at radius 2 is 1.85 bits per heavy atom. The molecule has 1 aromatic carbocycles. The number of hydrogen-bond donors (Lipinski definition) is 2. The maximum absolute atomic E-state index is 12.8. The van der Waals surface area contributed by atoms with Crippen LogP contribution in [0, 0.1) is 5.41 Å². The van der Waals surface area contributed by atoms with Crippen LogP contribution in [0.5, 0.6) is 0 Å². The lowest BCUT2D eigenvalue weighted by molar-refractivity contribution is 0.0742. The number of carbonyl (C=O) groups excluding carboxylic acids is 2. The SMILES string of the molecule is CCc1ccc(C(=O)Nc2sccc2C(=O)N(C)CC(C)(C)CN)cc1. The molecule has 3 N–H and O–H groups in total. The number of nitrogens with one attached hydrogen (secondary N) is 1. The number of hydrogen-bond acceptors (Lipinski definition) is 4. The molecule has 2 amide bonds. The molecule has 0 aliphatic carbocycles. The highest BCUT2D eigenvalue weighted by molar-refractivity contribution is 7.14. The van der Waals surface area contributed by atoms with Gasteiger partial charge in [-0.05, 0) is 47.5 Å². The quantitative estimate of drug-likeness (QED) is 0.778. The molecule has 0 radical (unpaired) electrons. The number of carbonyl (C=O) groups is 2. The summed E-state index contributed by atoms with van der Waals surface area (Å²) in [5.41, 5.74) is 7.86. The molecule has 0 atom stereocenters. The van der Waals surface area contributed by atoms with Crippen molar-refractivity contribution in [3.63, 3.8) is 0 Å². The van der Waals surface area contributed by atoms with Crippen LogP contribution in [0.2, 0.25) is 0 Å². The van der Waals surface area contributed by atoms with Crippen LogP contribution in [0.15, 0.2) is 35.7 Å². The van der Waals surface area contributed by atoms with Gasteiger partial charge in [0.05, 0.1) is 5.56 Å². The van der Waals surface area contributed by atoms with E-state index in [1.54, 1.807) is 30.1 Å². The third kappa shape index (κ3) is 4.93. The minimum absolute atomic E-state index is 0.121. The van der Waals surface area contributed by atoms with E-state index in [1.807, 2.05) is 31.4 Å². The van der Waals surface area contributed by atoms with Crippen molar-refractivity contribution in [2.45, 2.75) is 27.2 Å². The maximum atomic E-state index is 12.8. The van der Waals surface area contributed by atoms with Crippen molar-refractivity contribution in [3.8, 4) is 0 Å². The van der Waals surface area contributed by atoms with Crippen LogP contribution in [-0.4, -0.2) is 36.9 Å². The fourth-order valence-electron chi connectivity index (χ4n) is 2.63. The third-order valence-corrected chi connectivity index (χ3v) is 5.14. The Hall–Kier alpha value is -2.18. The first-order chi connectivity index (χ1) is 12.3. The Labute approximate surface area is 159 Å². The molecule has 0 fully saturated rings. The third-order valence-electron chi connectivity index (χ3n) is 4.31. The second-order valence-electron chi connectivity index (χ2n) is 7.20. The molecule has 2 rings (SSSR count). The van der Waals surface area contributed by atoms with Crippen LogP contribution < -0.4 is 11.1 Å². The summed E-state index contributed by atoms with van der Waals surface area (Å²) >= 11 is 1.35. The maximum Gasteiger partial charge on any atom is 0.256 e. The molecule has 140 valence electrons. The van der Waals surface area contributed by atoms with Crippen molar-refractivity contribution in [2.24, 2.45) is 11.1 Å². The molecule has 26 heavy (non-hydrogen) atoms. The lowest BCUT2D eigenvalue weighted by atomic mass is 9.93. The van der Waals surface area contributed by atoms with E-state index in [0.29, 0.717) is 29.2 Å². The van der Waals surface area contributed by atoms with Gasteiger partial charge in [0.25, 0.3) is 11.8 Å². The smallest absolute Gasteiger partial charge is 0.256 e. The van der Waals surface area contributed by atoms with Gasteiger partial charge in [-0.3, -0.25) is 9.59 Å². The average Bonchev–Trinajstić information content (AvgIpc) is 3.08. The summed E-state index contributed by atoms with van der Waals surface area (Å²) < 4.78 is 0. The largest absolute Gasteiger partial charge is 0.341 e. The molecule has 0 saturated carbocycles. The van der Waals surface area contributed by atoms with Crippen molar-refractivity contribution in [3.05, 3.63) is 52.4 Å². The molecule has 0 bridgehead atoms. The first-order valence-electron chi connectivity index (χ1n) is 8.70. The van der Waals surface area contributed by atoms with Gasteiger partial charge in [-0.15, -0.1) is 11.3 Å². The molecule has 0 aliphatic heterocycles. The van der Waals surface area contributed by atoms with E-state index >= 15 is 0 Å². The van der Waals surface area contributed by atoms with E-state index in [4.69, 9.17) is 5.73 Å². The zero-order valence-corrected chi connectivity index (χ0v) is 16.7. The van der Waals surface area contributed by atoms with E-state index < -0.39 is 0 Å². The number of nitrogens with zero attached hydrogens (tertiary/aromatic N) is 1. The van der Waals surface area contributed by atoms with E-state index in [1.165, 1.54) is 16.9 Å². The highest BCUT2D eigenvalue weighted by Gasteiger charge is 2.24. The van der Waals surface area contributed by atoms with Gasteiger partial charge in [0.2, 0.25) is 0 Å². The predicted molar refractivity (Wildman–Crippen MR) is 108 cm³/mol. The number of nitrogens with two attached hydrogens (primary N) is 1. The fraction of sp³-hybridized carbons (Fsp3) is 0.400. The molecule has 2 aromatic rings. The Morgan fingerprint density at radius 1 is 1.19 bits per heavy atom. The van der Waals surface area contributed by atoms with E-state index in [0.717, 1.165) is 6.42 Å². The number of aryl methyl sites for hydroxylation is 1. The van der Waals surface area contributed by atoms with E-state index in [2.05, 4.69) is 12.2 Å². The lowest BCUT2D eigenvalue weighted by Crippen LogP contribution is -2.39. The highest BCUT2D eigenvalue weighted by Crippen LogP contribution is 2.26. The highest BCUT2D eigenvalue weighted by atomic mass is 32.1. The number of benzene rings is 1. The number of rotatable bonds is 7. The van der Waals surface area contributed by atoms with Crippen LogP contribution in [0.4, 0.5) is 5.00 Å².